The maximum atomic E-state index is 12.2. The van der Waals surface area contributed by atoms with Gasteiger partial charge in [-0.2, -0.15) is 26.3 Å². The Hall–Kier alpha value is -0.990. The molecule has 0 aromatic rings. The molecular weight excluding hydrogens is 222 g/mol. The summed E-state index contributed by atoms with van der Waals surface area (Å²) in [6, 6.07) is 0. The molecule has 0 spiro atoms. The summed E-state index contributed by atoms with van der Waals surface area (Å²) in [7, 11) is 0.0475. The Morgan fingerprint density at radius 3 is 1.71 bits per heavy atom. The van der Waals surface area contributed by atoms with Gasteiger partial charge in [0.15, 0.2) is 0 Å². The number of halogens is 6. The Bertz CT molecular complexity index is 238. The minimum Gasteiger partial charge on any atom is -0.477 e. The lowest BCUT2D eigenvalue weighted by molar-refractivity contribution is -0.385. The van der Waals surface area contributed by atoms with Crippen LogP contribution >= 0.6 is 0 Å². The molecular formula is C5H4F6O3. The van der Waals surface area contributed by atoms with Gasteiger partial charge in [0.2, 0.25) is 0 Å². The van der Waals surface area contributed by atoms with Crippen LogP contribution in [0.15, 0.2) is 0 Å². The van der Waals surface area contributed by atoms with Crippen molar-refractivity contribution < 1.29 is 41.0 Å². The highest BCUT2D eigenvalue weighted by Gasteiger charge is 2.76. The molecule has 0 saturated carbocycles. The number of hydrogen-bond donors (Lipinski definition) is 1. The van der Waals surface area contributed by atoms with Crippen molar-refractivity contribution in [2.45, 2.75) is 18.0 Å². The fraction of sp³-hybridized carbons (Fsp3) is 0.800. The van der Waals surface area contributed by atoms with Crippen molar-refractivity contribution in [2.24, 2.45) is 0 Å². The van der Waals surface area contributed by atoms with E-state index in [1.165, 1.54) is 0 Å². The zero-order valence-corrected chi connectivity index (χ0v) is 6.53. The summed E-state index contributed by atoms with van der Waals surface area (Å²) in [6.45, 7) is 0. The van der Waals surface area contributed by atoms with E-state index in [2.05, 4.69) is 4.74 Å². The summed E-state index contributed by atoms with van der Waals surface area (Å²) in [4.78, 5) is 9.61. The highest BCUT2D eigenvalue weighted by Crippen LogP contribution is 2.45. The van der Waals surface area contributed by atoms with E-state index < -0.39 is 23.9 Å². The van der Waals surface area contributed by atoms with Gasteiger partial charge in [-0.05, 0) is 0 Å². The van der Waals surface area contributed by atoms with Gasteiger partial charge in [-0.15, -0.1) is 0 Å². The number of carboxylic acid groups (broad SMARTS) is 1. The van der Waals surface area contributed by atoms with Gasteiger partial charge in [0.25, 0.3) is 0 Å². The number of hydrogen-bond acceptors (Lipinski definition) is 2. The Labute approximate surface area is 73.3 Å². The molecule has 0 aromatic heterocycles. The van der Waals surface area contributed by atoms with Gasteiger partial charge in [-0.25, -0.2) is 4.79 Å². The molecule has 0 aliphatic carbocycles. The standard InChI is InChI=1S/C5H4F6O3/c1-14-5(10,11)4(8,9)3(6,7)2(12)13/h1H3,(H,12,13). The monoisotopic (exact) mass is 226 g/mol. The first-order chi connectivity index (χ1) is 6.00. The highest BCUT2D eigenvalue weighted by molar-refractivity contribution is 5.76. The second-order valence-corrected chi connectivity index (χ2v) is 2.17. The lowest BCUT2D eigenvalue weighted by Gasteiger charge is -2.28. The second kappa shape index (κ2) is 3.30. The molecule has 0 radical (unpaired) electrons. The van der Waals surface area contributed by atoms with Gasteiger partial charge in [-0.3, -0.25) is 0 Å². The quantitative estimate of drug-likeness (QED) is 0.740. The molecule has 0 unspecified atom stereocenters. The highest BCUT2D eigenvalue weighted by atomic mass is 19.3. The number of rotatable bonds is 4. The number of carboxylic acids is 1. The summed E-state index contributed by atoms with van der Waals surface area (Å²) in [5.74, 6) is -15.4. The fourth-order valence-corrected chi connectivity index (χ4v) is 0.445. The summed E-state index contributed by atoms with van der Waals surface area (Å²) in [5.41, 5.74) is 0. The van der Waals surface area contributed by atoms with Crippen molar-refractivity contribution in [2.75, 3.05) is 7.11 Å². The zero-order valence-electron chi connectivity index (χ0n) is 6.53. The largest absolute Gasteiger partial charge is 0.477 e. The number of methoxy groups -OCH3 is 1. The molecule has 14 heavy (non-hydrogen) atoms. The molecule has 0 saturated heterocycles. The lowest BCUT2D eigenvalue weighted by atomic mass is 10.1. The molecule has 0 atom stereocenters. The molecule has 0 aromatic carbocycles. The SMILES string of the molecule is COC(F)(F)C(F)(F)C(F)(F)C(=O)O. The van der Waals surface area contributed by atoms with Crippen LogP contribution in [0.25, 0.3) is 0 Å². The van der Waals surface area contributed by atoms with Gasteiger partial charge >= 0.3 is 23.9 Å². The second-order valence-electron chi connectivity index (χ2n) is 2.17. The average molecular weight is 226 g/mol. The normalized spacial score (nSPS) is 14.2. The van der Waals surface area contributed by atoms with E-state index in [0.29, 0.717) is 0 Å². The van der Waals surface area contributed by atoms with Gasteiger partial charge < -0.3 is 9.84 Å². The van der Waals surface area contributed by atoms with Gasteiger partial charge in [-0.1, -0.05) is 0 Å². The first kappa shape index (κ1) is 13.0. The molecule has 1 N–H and O–H groups in total. The summed E-state index contributed by atoms with van der Waals surface area (Å²) >= 11 is 0. The van der Waals surface area contributed by atoms with Crippen LogP contribution in [0.5, 0.6) is 0 Å². The predicted molar refractivity (Wildman–Crippen MR) is 29.5 cm³/mol. The molecule has 0 rings (SSSR count). The van der Waals surface area contributed by atoms with Crippen molar-refractivity contribution in [1.82, 2.24) is 0 Å². The molecule has 0 fully saturated rings. The van der Waals surface area contributed by atoms with Gasteiger partial charge in [0.05, 0.1) is 0 Å². The Kier molecular flexibility index (Phi) is 3.06. The third kappa shape index (κ3) is 1.63. The number of ether oxygens (including phenoxy) is 1. The number of aliphatic carboxylic acids is 1. The Balaban J connectivity index is 5.24. The van der Waals surface area contributed by atoms with Gasteiger partial charge in [0.1, 0.15) is 0 Å². The van der Waals surface area contributed by atoms with Crippen LogP contribution in [-0.2, 0) is 9.53 Å². The molecule has 9 heteroatoms. The van der Waals surface area contributed by atoms with E-state index in [1.807, 2.05) is 0 Å². The van der Waals surface area contributed by atoms with E-state index in [0.717, 1.165) is 0 Å². The van der Waals surface area contributed by atoms with E-state index in [-0.39, 0.29) is 7.11 Å². The third-order valence-corrected chi connectivity index (χ3v) is 1.28. The first-order valence-corrected chi connectivity index (χ1v) is 2.92. The van der Waals surface area contributed by atoms with Crippen molar-refractivity contribution in [3.8, 4) is 0 Å². The number of alkyl halides is 6. The molecule has 0 bridgehead atoms. The van der Waals surface area contributed by atoms with E-state index in [1.54, 1.807) is 0 Å². The van der Waals surface area contributed by atoms with Crippen LogP contribution in [0.4, 0.5) is 26.3 Å². The number of carbonyl (C=O) groups is 1. The molecule has 0 aliphatic rings. The van der Waals surface area contributed by atoms with Crippen molar-refractivity contribution in [1.29, 1.82) is 0 Å². The molecule has 0 heterocycles. The maximum Gasteiger partial charge on any atom is 0.426 e. The Morgan fingerprint density at radius 1 is 1.14 bits per heavy atom. The van der Waals surface area contributed by atoms with Crippen LogP contribution in [0.1, 0.15) is 0 Å². The van der Waals surface area contributed by atoms with Crippen molar-refractivity contribution >= 4 is 5.97 Å². The topological polar surface area (TPSA) is 46.5 Å². The van der Waals surface area contributed by atoms with E-state index in [9.17, 15) is 31.1 Å². The summed E-state index contributed by atoms with van der Waals surface area (Å²) < 4.78 is 75.6. The summed E-state index contributed by atoms with van der Waals surface area (Å²) in [5, 5.41) is 7.62. The van der Waals surface area contributed by atoms with Gasteiger partial charge in [0, 0.05) is 7.11 Å². The first-order valence-electron chi connectivity index (χ1n) is 2.92. The molecule has 3 nitrogen and oxygen atoms in total. The van der Waals surface area contributed by atoms with Crippen LogP contribution < -0.4 is 0 Å². The predicted octanol–water partition coefficient (Wildman–Crippen LogP) is 1.58. The Morgan fingerprint density at radius 2 is 1.50 bits per heavy atom. The average Bonchev–Trinajstić information content (AvgIpc) is 2.03. The van der Waals surface area contributed by atoms with Crippen LogP contribution in [0, 0.1) is 0 Å². The molecule has 0 amide bonds. The molecule has 84 valence electrons. The molecule has 0 aliphatic heterocycles. The fourth-order valence-electron chi connectivity index (χ4n) is 0.445. The minimum atomic E-state index is -6.12. The lowest BCUT2D eigenvalue weighted by Crippen LogP contribution is -2.58. The van der Waals surface area contributed by atoms with Crippen LogP contribution in [0.2, 0.25) is 0 Å². The third-order valence-electron chi connectivity index (χ3n) is 1.28. The maximum absolute atomic E-state index is 12.2. The van der Waals surface area contributed by atoms with Crippen LogP contribution in [0.3, 0.4) is 0 Å². The smallest absolute Gasteiger partial charge is 0.426 e. The van der Waals surface area contributed by atoms with Crippen molar-refractivity contribution in [3.05, 3.63) is 0 Å². The zero-order chi connectivity index (χ0) is 11.8. The van der Waals surface area contributed by atoms with E-state index >= 15 is 0 Å². The van der Waals surface area contributed by atoms with Crippen LogP contribution in [-0.4, -0.2) is 36.1 Å². The van der Waals surface area contributed by atoms with E-state index in [4.69, 9.17) is 5.11 Å². The van der Waals surface area contributed by atoms with Crippen molar-refractivity contribution in [3.63, 3.8) is 0 Å². The summed E-state index contributed by atoms with van der Waals surface area (Å²) in [6.07, 6.45) is -5.56. The minimum absolute atomic E-state index is 0.0475.